The quantitative estimate of drug-likeness (QED) is 0.840. The molecule has 0 radical (unpaired) electrons. The van der Waals surface area contributed by atoms with Crippen molar-refractivity contribution in [3.63, 3.8) is 0 Å². The number of nitrogens with one attached hydrogen (secondary N) is 1. The summed E-state index contributed by atoms with van der Waals surface area (Å²) in [6.07, 6.45) is 6.81. The van der Waals surface area contributed by atoms with E-state index >= 15 is 0 Å². The first-order valence-corrected chi connectivity index (χ1v) is 10.8. The Balaban J connectivity index is 1.32. The third-order valence-corrected chi connectivity index (χ3v) is 6.10. The zero-order chi connectivity index (χ0) is 20.2. The molecule has 7 heteroatoms. The lowest BCUT2D eigenvalue weighted by Gasteiger charge is -2.31. The van der Waals surface area contributed by atoms with E-state index in [1.165, 1.54) is 25.3 Å². The van der Waals surface area contributed by atoms with Crippen LogP contribution in [0.5, 0.6) is 0 Å². The number of hydrogen-bond acceptors (Lipinski definition) is 4. The van der Waals surface area contributed by atoms with Crippen molar-refractivity contribution in [2.24, 2.45) is 0 Å². The van der Waals surface area contributed by atoms with Crippen LogP contribution in [0.1, 0.15) is 60.8 Å². The van der Waals surface area contributed by atoms with E-state index in [2.05, 4.69) is 25.0 Å². The van der Waals surface area contributed by atoms with E-state index in [0.717, 1.165) is 56.1 Å². The Morgan fingerprint density at radius 1 is 1.21 bits per heavy atom. The summed E-state index contributed by atoms with van der Waals surface area (Å²) >= 11 is 0. The molecule has 1 N–H and O–H groups in total. The van der Waals surface area contributed by atoms with Gasteiger partial charge in [0.25, 0.3) is 0 Å². The molecule has 1 fully saturated rings. The number of hydrogen-bond donors (Lipinski definition) is 1. The first-order valence-electron chi connectivity index (χ1n) is 10.8. The number of amides is 1. The zero-order valence-electron chi connectivity index (χ0n) is 17.2. The van der Waals surface area contributed by atoms with E-state index in [1.54, 1.807) is 13.0 Å². The number of likely N-dealkylation sites (tertiary alicyclic amines) is 1. The van der Waals surface area contributed by atoms with Gasteiger partial charge in [-0.2, -0.15) is 0 Å². The summed E-state index contributed by atoms with van der Waals surface area (Å²) in [6, 6.07) is 5.09. The smallest absolute Gasteiger partial charge is 0.234 e. The van der Waals surface area contributed by atoms with Crippen LogP contribution in [0.4, 0.5) is 4.39 Å². The molecule has 1 aromatic heterocycles. The lowest BCUT2D eigenvalue weighted by atomic mass is 9.97. The summed E-state index contributed by atoms with van der Waals surface area (Å²) in [5, 5.41) is 11.9. The number of carbonyl (C=O) groups is 1. The maximum Gasteiger partial charge on any atom is 0.234 e. The van der Waals surface area contributed by atoms with Gasteiger partial charge < -0.3 is 9.88 Å². The van der Waals surface area contributed by atoms with Crippen molar-refractivity contribution in [2.75, 3.05) is 19.6 Å². The van der Waals surface area contributed by atoms with Gasteiger partial charge in [0.2, 0.25) is 5.91 Å². The van der Waals surface area contributed by atoms with Crippen LogP contribution in [0.2, 0.25) is 0 Å². The monoisotopic (exact) mass is 399 g/mol. The molecule has 156 valence electrons. The fourth-order valence-electron chi connectivity index (χ4n) is 4.43. The maximum absolute atomic E-state index is 13.7. The molecule has 1 aromatic carbocycles. The van der Waals surface area contributed by atoms with E-state index < -0.39 is 0 Å². The number of carbonyl (C=O) groups excluding carboxylic acids is 1. The van der Waals surface area contributed by atoms with E-state index in [0.29, 0.717) is 24.6 Å². The van der Waals surface area contributed by atoms with Crippen LogP contribution in [0, 0.1) is 12.7 Å². The first kappa shape index (κ1) is 20.0. The van der Waals surface area contributed by atoms with Gasteiger partial charge in [-0.25, -0.2) is 4.39 Å². The van der Waals surface area contributed by atoms with Gasteiger partial charge in [-0.1, -0.05) is 18.6 Å². The van der Waals surface area contributed by atoms with Crippen LogP contribution < -0.4 is 5.32 Å². The molecular weight excluding hydrogens is 369 g/mol. The van der Waals surface area contributed by atoms with Crippen molar-refractivity contribution in [3.05, 3.63) is 46.8 Å². The molecule has 3 heterocycles. The minimum Gasteiger partial charge on any atom is -0.351 e. The second kappa shape index (κ2) is 9.03. The van der Waals surface area contributed by atoms with Gasteiger partial charge in [0.05, 0.1) is 6.54 Å². The fraction of sp³-hybridized carbons (Fsp3) is 0.591. The Hall–Kier alpha value is -2.28. The molecule has 2 aliphatic rings. The van der Waals surface area contributed by atoms with E-state index in [9.17, 15) is 9.18 Å². The number of piperidine rings is 1. The standard InChI is InChI=1S/C22H30FN5O/c1-16-8-9-17(12-19(16)23)13-24-21(29)15-27-10-5-6-18(14-27)22-26-25-20-7-3-2-4-11-28(20)22/h8-9,12,18H,2-7,10-11,13-15H2,1H3,(H,24,29). The van der Waals surface area contributed by atoms with Crippen molar-refractivity contribution >= 4 is 5.91 Å². The molecule has 2 aliphatic heterocycles. The summed E-state index contributed by atoms with van der Waals surface area (Å²) in [5.41, 5.74) is 1.40. The van der Waals surface area contributed by atoms with Crippen molar-refractivity contribution in [3.8, 4) is 0 Å². The Kier molecular flexibility index (Phi) is 6.23. The minimum atomic E-state index is -0.233. The number of nitrogens with zero attached hydrogens (tertiary/aromatic N) is 4. The largest absolute Gasteiger partial charge is 0.351 e. The van der Waals surface area contributed by atoms with Crippen molar-refractivity contribution in [2.45, 2.75) is 64.5 Å². The van der Waals surface area contributed by atoms with Crippen LogP contribution in [-0.4, -0.2) is 45.2 Å². The highest BCUT2D eigenvalue weighted by atomic mass is 19.1. The summed E-state index contributed by atoms with van der Waals surface area (Å²) < 4.78 is 16.0. The minimum absolute atomic E-state index is 0.0216. The fourth-order valence-corrected chi connectivity index (χ4v) is 4.43. The Bertz CT molecular complexity index is 865. The molecule has 1 atom stereocenters. The normalized spacial score (nSPS) is 20.1. The Labute approximate surface area is 171 Å². The van der Waals surface area contributed by atoms with Gasteiger partial charge in [0.1, 0.15) is 17.5 Å². The number of halogens is 1. The average molecular weight is 400 g/mol. The zero-order valence-corrected chi connectivity index (χ0v) is 17.2. The Morgan fingerprint density at radius 2 is 2.10 bits per heavy atom. The van der Waals surface area contributed by atoms with Crippen molar-refractivity contribution < 1.29 is 9.18 Å². The highest BCUT2D eigenvalue weighted by Crippen LogP contribution is 2.27. The predicted molar refractivity (Wildman–Crippen MR) is 109 cm³/mol. The van der Waals surface area contributed by atoms with Crippen LogP contribution in [0.15, 0.2) is 18.2 Å². The molecule has 0 saturated carbocycles. The van der Waals surface area contributed by atoms with Gasteiger partial charge in [0.15, 0.2) is 0 Å². The maximum atomic E-state index is 13.7. The summed E-state index contributed by atoms with van der Waals surface area (Å²) in [7, 11) is 0. The number of benzene rings is 1. The lowest BCUT2D eigenvalue weighted by Crippen LogP contribution is -2.42. The van der Waals surface area contributed by atoms with Crippen LogP contribution in [0.3, 0.4) is 0 Å². The predicted octanol–water partition coefficient (Wildman–Crippen LogP) is 2.95. The molecule has 1 unspecified atom stereocenters. The van der Waals surface area contributed by atoms with Crippen molar-refractivity contribution in [1.29, 1.82) is 0 Å². The van der Waals surface area contributed by atoms with Gasteiger partial charge in [-0.3, -0.25) is 9.69 Å². The van der Waals surface area contributed by atoms with Gasteiger partial charge in [-0.05, 0) is 56.3 Å². The Morgan fingerprint density at radius 3 is 2.97 bits per heavy atom. The number of rotatable bonds is 5. The third kappa shape index (κ3) is 4.83. The molecule has 1 amide bonds. The molecule has 2 aromatic rings. The number of aryl methyl sites for hydroxylation is 2. The molecule has 6 nitrogen and oxygen atoms in total. The topological polar surface area (TPSA) is 63.1 Å². The molecule has 0 aliphatic carbocycles. The second-order valence-electron chi connectivity index (χ2n) is 8.37. The molecule has 1 saturated heterocycles. The average Bonchev–Trinajstić information content (AvgIpc) is 2.97. The molecule has 0 bridgehead atoms. The lowest BCUT2D eigenvalue weighted by molar-refractivity contribution is -0.122. The molecular formula is C22H30FN5O. The highest BCUT2D eigenvalue weighted by molar-refractivity contribution is 5.78. The summed E-state index contributed by atoms with van der Waals surface area (Å²) in [4.78, 5) is 14.6. The van der Waals surface area contributed by atoms with Crippen LogP contribution in [0.25, 0.3) is 0 Å². The highest BCUT2D eigenvalue weighted by Gasteiger charge is 2.28. The van der Waals surface area contributed by atoms with Gasteiger partial charge in [-0.15, -0.1) is 10.2 Å². The van der Waals surface area contributed by atoms with Crippen LogP contribution >= 0.6 is 0 Å². The van der Waals surface area contributed by atoms with E-state index in [-0.39, 0.29) is 11.7 Å². The second-order valence-corrected chi connectivity index (χ2v) is 8.37. The van der Waals surface area contributed by atoms with E-state index in [1.807, 2.05) is 6.07 Å². The number of fused-ring (bicyclic) bond motifs is 1. The summed E-state index contributed by atoms with van der Waals surface area (Å²) in [6.45, 7) is 5.23. The molecule has 0 spiro atoms. The van der Waals surface area contributed by atoms with Gasteiger partial charge in [0, 0.05) is 32.0 Å². The summed E-state index contributed by atoms with van der Waals surface area (Å²) in [5.74, 6) is 2.30. The van der Waals surface area contributed by atoms with E-state index in [4.69, 9.17) is 0 Å². The van der Waals surface area contributed by atoms with Crippen LogP contribution in [-0.2, 0) is 24.3 Å². The van der Waals surface area contributed by atoms with Gasteiger partial charge >= 0.3 is 0 Å². The number of aromatic nitrogens is 3. The third-order valence-electron chi connectivity index (χ3n) is 6.10. The van der Waals surface area contributed by atoms with Crippen molar-refractivity contribution in [1.82, 2.24) is 25.0 Å². The SMILES string of the molecule is Cc1ccc(CNC(=O)CN2CCCC(c3nnc4n3CCCCC4)C2)cc1F. The molecule has 4 rings (SSSR count). The molecule has 29 heavy (non-hydrogen) atoms. The first-order chi connectivity index (χ1) is 14.1.